The number of aryl methyl sites for hydroxylation is 1. The van der Waals surface area contributed by atoms with E-state index < -0.39 is 15.7 Å². The van der Waals surface area contributed by atoms with Crippen LogP contribution in [0.4, 0.5) is 4.39 Å². The van der Waals surface area contributed by atoms with Gasteiger partial charge in [0.05, 0.1) is 10.6 Å². The fourth-order valence-electron chi connectivity index (χ4n) is 1.42. The molecule has 0 aliphatic carbocycles. The summed E-state index contributed by atoms with van der Waals surface area (Å²) in [5.74, 6) is -0.663. The van der Waals surface area contributed by atoms with E-state index in [-0.39, 0.29) is 16.4 Å². The molecule has 2 rings (SSSR count). The van der Waals surface area contributed by atoms with Crippen LogP contribution in [0.15, 0.2) is 39.8 Å². The van der Waals surface area contributed by atoms with Gasteiger partial charge in [0, 0.05) is 6.07 Å². The molecule has 1 aromatic carbocycles. The second-order valence-corrected chi connectivity index (χ2v) is 5.64. The van der Waals surface area contributed by atoms with Crippen LogP contribution in [0.2, 0.25) is 0 Å². The summed E-state index contributed by atoms with van der Waals surface area (Å²) in [5, 5.41) is 3.60. The third kappa shape index (κ3) is 2.71. The molecule has 1 aromatic heterocycles. The predicted octanol–water partition coefficient (Wildman–Crippen LogP) is 2.10. The minimum absolute atomic E-state index is 0.0634. The zero-order chi connectivity index (χ0) is 12.5. The first-order valence-electron chi connectivity index (χ1n) is 4.88. The van der Waals surface area contributed by atoms with Gasteiger partial charge in [-0.05, 0) is 25.1 Å². The third-order valence-electron chi connectivity index (χ3n) is 2.16. The lowest BCUT2D eigenvalue weighted by atomic mass is 10.4. The quantitative estimate of drug-likeness (QED) is 0.842. The van der Waals surface area contributed by atoms with E-state index in [1.54, 1.807) is 6.92 Å². The number of hydrogen-bond donors (Lipinski definition) is 0. The molecule has 0 N–H and O–H groups in total. The van der Waals surface area contributed by atoms with E-state index in [9.17, 15) is 12.8 Å². The van der Waals surface area contributed by atoms with Gasteiger partial charge in [0.2, 0.25) is 0 Å². The average molecular weight is 255 g/mol. The van der Waals surface area contributed by atoms with Gasteiger partial charge in [0.25, 0.3) is 0 Å². The second kappa shape index (κ2) is 4.29. The summed E-state index contributed by atoms with van der Waals surface area (Å²) in [6.07, 6.45) is 0. The molecule has 0 amide bonds. The highest BCUT2D eigenvalue weighted by molar-refractivity contribution is 7.90. The summed E-state index contributed by atoms with van der Waals surface area (Å²) < 4.78 is 41.6. The summed E-state index contributed by atoms with van der Waals surface area (Å²) in [4.78, 5) is -0.0634. The number of benzene rings is 1. The van der Waals surface area contributed by atoms with Crippen LogP contribution in [0, 0.1) is 12.7 Å². The maximum absolute atomic E-state index is 12.9. The predicted molar refractivity (Wildman–Crippen MR) is 58.5 cm³/mol. The molecule has 90 valence electrons. The molecular weight excluding hydrogens is 245 g/mol. The van der Waals surface area contributed by atoms with Crippen molar-refractivity contribution < 1.29 is 17.3 Å². The summed E-state index contributed by atoms with van der Waals surface area (Å²) >= 11 is 0. The van der Waals surface area contributed by atoms with Gasteiger partial charge in [0.15, 0.2) is 15.6 Å². The highest BCUT2D eigenvalue weighted by Gasteiger charge is 2.18. The summed E-state index contributed by atoms with van der Waals surface area (Å²) in [5.41, 5.74) is 0.606. The number of hydrogen-bond acceptors (Lipinski definition) is 4. The normalized spacial score (nSPS) is 11.6. The molecule has 0 saturated carbocycles. The van der Waals surface area contributed by atoms with Crippen LogP contribution in [0.25, 0.3) is 0 Å². The van der Waals surface area contributed by atoms with Gasteiger partial charge in [-0.1, -0.05) is 11.2 Å². The van der Waals surface area contributed by atoms with Crippen molar-refractivity contribution in [2.24, 2.45) is 0 Å². The zero-order valence-corrected chi connectivity index (χ0v) is 9.87. The molecule has 0 saturated heterocycles. The number of rotatable bonds is 3. The largest absolute Gasteiger partial charge is 0.360 e. The van der Waals surface area contributed by atoms with Crippen LogP contribution in [-0.4, -0.2) is 13.6 Å². The van der Waals surface area contributed by atoms with Gasteiger partial charge in [-0.3, -0.25) is 0 Å². The van der Waals surface area contributed by atoms with Crippen LogP contribution < -0.4 is 0 Å². The first-order chi connectivity index (χ1) is 7.97. The summed E-state index contributed by atoms with van der Waals surface area (Å²) in [6.45, 7) is 1.70. The molecule has 6 heteroatoms. The number of sulfone groups is 1. The van der Waals surface area contributed by atoms with E-state index in [1.165, 1.54) is 24.3 Å². The van der Waals surface area contributed by atoms with E-state index in [2.05, 4.69) is 5.16 Å². The van der Waals surface area contributed by atoms with Crippen molar-refractivity contribution in [1.82, 2.24) is 5.16 Å². The first-order valence-corrected chi connectivity index (χ1v) is 6.53. The molecule has 0 spiro atoms. The van der Waals surface area contributed by atoms with Crippen molar-refractivity contribution in [3.05, 3.63) is 47.6 Å². The Kier molecular flexibility index (Phi) is 2.97. The van der Waals surface area contributed by atoms with Gasteiger partial charge in [0.1, 0.15) is 11.6 Å². The minimum atomic E-state index is -3.60. The molecule has 0 radical (unpaired) electrons. The molecule has 17 heavy (non-hydrogen) atoms. The SMILES string of the molecule is Cc1cc(CS(=O)(=O)c2cccc(F)c2)on1. The lowest BCUT2D eigenvalue weighted by Crippen LogP contribution is -2.04. The van der Waals surface area contributed by atoms with Crippen molar-refractivity contribution in [2.75, 3.05) is 0 Å². The Morgan fingerprint density at radius 2 is 2.12 bits per heavy atom. The fraction of sp³-hybridized carbons (Fsp3) is 0.182. The van der Waals surface area contributed by atoms with Gasteiger partial charge in [-0.15, -0.1) is 0 Å². The molecule has 0 atom stereocenters. The van der Waals surface area contributed by atoms with Crippen molar-refractivity contribution >= 4 is 9.84 Å². The Labute approximate surface area is 98.0 Å². The third-order valence-corrected chi connectivity index (χ3v) is 3.80. The monoisotopic (exact) mass is 255 g/mol. The van der Waals surface area contributed by atoms with Gasteiger partial charge in [-0.2, -0.15) is 0 Å². The topological polar surface area (TPSA) is 60.2 Å². The molecule has 0 aliphatic rings. The van der Waals surface area contributed by atoms with Crippen LogP contribution in [0.1, 0.15) is 11.5 Å². The summed E-state index contributed by atoms with van der Waals surface area (Å²) in [7, 11) is -3.60. The standard InChI is InChI=1S/C11H10FNO3S/c1-8-5-10(16-13-8)7-17(14,15)11-4-2-3-9(12)6-11/h2-6H,7H2,1H3. The molecule has 1 heterocycles. The van der Waals surface area contributed by atoms with Crippen LogP contribution >= 0.6 is 0 Å². The highest BCUT2D eigenvalue weighted by atomic mass is 32.2. The Morgan fingerprint density at radius 1 is 1.35 bits per heavy atom. The summed E-state index contributed by atoms with van der Waals surface area (Å²) in [6, 6.07) is 6.42. The lowest BCUT2D eigenvalue weighted by molar-refractivity contribution is 0.388. The molecule has 0 fully saturated rings. The fourth-order valence-corrected chi connectivity index (χ4v) is 2.67. The molecule has 0 unspecified atom stereocenters. The van der Waals surface area contributed by atoms with Gasteiger partial charge < -0.3 is 4.52 Å². The highest BCUT2D eigenvalue weighted by Crippen LogP contribution is 2.17. The number of aromatic nitrogens is 1. The molecule has 4 nitrogen and oxygen atoms in total. The molecular formula is C11H10FNO3S. The van der Waals surface area contributed by atoms with Gasteiger partial charge in [-0.25, -0.2) is 12.8 Å². The zero-order valence-electron chi connectivity index (χ0n) is 9.05. The lowest BCUT2D eigenvalue weighted by Gasteiger charge is -2.01. The van der Waals surface area contributed by atoms with E-state index in [4.69, 9.17) is 4.52 Å². The van der Waals surface area contributed by atoms with Crippen molar-refractivity contribution in [2.45, 2.75) is 17.6 Å². The number of nitrogens with zero attached hydrogens (tertiary/aromatic N) is 1. The Bertz CT molecular complexity index is 634. The second-order valence-electron chi connectivity index (χ2n) is 3.65. The van der Waals surface area contributed by atoms with Crippen LogP contribution in [0.5, 0.6) is 0 Å². The van der Waals surface area contributed by atoms with Crippen molar-refractivity contribution in [1.29, 1.82) is 0 Å². The Morgan fingerprint density at radius 3 is 2.71 bits per heavy atom. The maximum atomic E-state index is 12.9. The van der Waals surface area contributed by atoms with E-state index >= 15 is 0 Å². The van der Waals surface area contributed by atoms with Crippen molar-refractivity contribution in [3.63, 3.8) is 0 Å². The van der Waals surface area contributed by atoms with Gasteiger partial charge >= 0.3 is 0 Å². The van der Waals surface area contributed by atoms with E-state index in [1.807, 2.05) is 0 Å². The maximum Gasteiger partial charge on any atom is 0.185 e. The van der Waals surface area contributed by atoms with Crippen molar-refractivity contribution in [3.8, 4) is 0 Å². The van der Waals surface area contributed by atoms with Crippen LogP contribution in [-0.2, 0) is 15.6 Å². The van der Waals surface area contributed by atoms with E-state index in [0.717, 1.165) is 6.07 Å². The first kappa shape index (κ1) is 11.8. The molecule has 2 aromatic rings. The Balaban J connectivity index is 2.31. The smallest absolute Gasteiger partial charge is 0.185 e. The average Bonchev–Trinajstić information content (AvgIpc) is 2.63. The van der Waals surface area contributed by atoms with E-state index in [0.29, 0.717) is 5.69 Å². The number of halogens is 1. The van der Waals surface area contributed by atoms with Crippen LogP contribution in [0.3, 0.4) is 0 Å². The minimum Gasteiger partial charge on any atom is -0.360 e. The Hall–Kier alpha value is -1.69. The molecule has 0 bridgehead atoms. The molecule has 0 aliphatic heterocycles.